The second-order valence-electron chi connectivity index (χ2n) is 7.90. The van der Waals surface area contributed by atoms with E-state index >= 15 is 0 Å². The monoisotopic (exact) mass is 439 g/mol. The quantitative estimate of drug-likeness (QED) is 0.695. The van der Waals surface area contributed by atoms with E-state index in [1.165, 1.54) is 31.4 Å². The van der Waals surface area contributed by atoms with Gasteiger partial charge in [0, 0.05) is 32.7 Å². The lowest BCUT2D eigenvalue weighted by atomic mass is 10.0. The van der Waals surface area contributed by atoms with Crippen LogP contribution in [0.15, 0.2) is 48.2 Å². The first-order valence-electron chi connectivity index (χ1n) is 10.6. The van der Waals surface area contributed by atoms with Crippen LogP contribution < -0.4 is 9.64 Å². The highest BCUT2D eigenvalue weighted by molar-refractivity contribution is 6.45. The number of rotatable bonds is 6. The van der Waals surface area contributed by atoms with Gasteiger partial charge in [-0.2, -0.15) is 0 Å². The maximum absolute atomic E-state index is 13.7. The molecule has 1 N–H and O–H groups in total. The maximum atomic E-state index is 13.7. The lowest BCUT2D eigenvalue weighted by Crippen LogP contribution is -2.48. The molecule has 2 aromatic carbocycles. The second-order valence-corrected chi connectivity index (χ2v) is 7.90. The zero-order chi connectivity index (χ0) is 22.8. The SMILES string of the molecule is COc1ccc(C)cc1N1C(=O)C(c2ccc(F)cc2)=C(N2CCN(CCO)CC2)C1=O. The highest BCUT2D eigenvalue weighted by Gasteiger charge is 2.44. The van der Waals surface area contributed by atoms with Crippen molar-refractivity contribution in [3.63, 3.8) is 0 Å². The number of imide groups is 1. The molecule has 8 heteroatoms. The van der Waals surface area contributed by atoms with Crippen LogP contribution in [0.2, 0.25) is 0 Å². The number of amides is 2. The van der Waals surface area contributed by atoms with Crippen molar-refractivity contribution in [2.24, 2.45) is 0 Å². The summed E-state index contributed by atoms with van der Waals surface area (Å²) in [5.74, 6) is -0.876. The number of ether oxygens (including phenoxy) is 1. The number of aryl methyl sites for hydroxylation is 1. The van der Waals surface area contributed by atoms with Crippen molar-refractivity contribution in [1.29, 1.82) is 0 Å². The smallest absolute Gasteiger partial charge is 0.282 e. The van der Waals surface area contributed by atoms with Gasteiger partial charge < -0.3 is 14.7 Å². The van der Waals surface area contributed by atoms with E-state index in [1.807, 2.05) is 17.9 Å². The number of β-amino-alcohol motifs (C(OH)–C–C–N with tert-alkyl or cyclic N) is 1. The molecule has 2 aliphatic heterocycles. The number of anilines is 1. The third-order valence-electron chi connectivity index (χ3n) is 5.87. The molecule has 2 amide bonds. The molecular weight excluding hydrogens is 413 g/mol. The minimum atomic E-state index is -0.460. The number of nitrogens with zero attached hydrogens (tertiary/aromatic N) is 3. The average Bonchev–Trinajstić information content (AvgIpc) is 3.05. The fraction of sp³-hybridized carbons (Fsp3) is 0.333. The summed E-state index contributed by atoms with van der Waals surface area (Å²) in [5.41, 5.74) is 2.33. The van der Waals surface area contributed by atoms with E-state index in [-0.39, 0.29) is 12.2 Å². The minimum Gasteiger partial charge on any atom is -0.495 e. The van der Waals surface area contributed by atoms with Crippen molar-refractivity contribution in [2.75, 3.05) is 51.3 Å². The van der Waals surface area contributed by atoms with Gasteiger partial charge in [0.25, 0.3) is 11.8 Å². The van der Waals surface area contributed by atoms with Crippen LogP contribution >= 0.6 is 0 Å². The Hall–Kier alpha value is -3.23. The molecule has 0 bridgehead atoms. The Morgan fingerprint density at radius 2 is 1.69 bits per heavy atom. The van der Waals surface area contributed by atoms with E-state index in [1.54, 1.807) is 12.1 Å². The van der Waals surface area contributed by atoms with Crippen molar-refractivity contribution in [1.82, 2.24) is 9.80 Å². The van der Waals surface area contributed by atoms with Gasteiger partial charge in [-0.05, 0) is 42.3 Å². The maximum Gasteiger partial charge on any atom is 0.282 e. The first kappa shape index (κ1) is 22.0. The summed E-state index contributed by atoms with van der Waals surface area (Å²) < 4.78 is 19.0. The van der Waals surface area contributed by atoms with Crippen LogP contribution in [-0.2, 0) is 9.59 Å². The highest BCUT2D eigenvalue weighted by atomic mass is 19.1. The molecule has 2 aromatic rings. The molecule has 1 saturated heterocycles. The zero-order valence-electron chi connectivity index (χ0n) is 18.2. The van der Waals surface area contributed by atoms with Gasteiger partial charge in [-0.1, -0.05) is 18.2 Å². The summed E-state index contributed by atoms with van der Waals surface area (Å²) in [6, 6.07) is 10.9. The van der Waals surface area contributed by atoms with Crippen LogP contribution in [0.5, 0.6) is 5.75 Å². The number of aliphatic hydroxyl groups excluding tert-OH is 1. The van der Waals surface area contributed by atoms with Crippen molar-refractivity contribution >= 4 is 23.1 Å². The third kappa shape index (κ3) is 3.99. The number of benzene rings is 2. The van der Waals surface area contributed by atoms with Crippen LogP contribution in [0.3, 0.4) is 0 Å². The average molecular weight is 439 g/mol. The number of methoxy groups -OCH3 is 1. The van der Waals surface area contributed by atoms with Crippen molar-refractivity contribution < 1.29 is 23.8 Å². The van der Waals surface area contributed by atoms with Crippen LogP contribution in [0.25, 0.3) is 5.57 Å². The molecule has 168 valence electrons. The molecule has 7 nitrogen and oxygen atoms in total. The molecule has 4 rings (SSSR count). The van der Waals surface area contributed by atoms with Gasteiger partial charge in [0.2, 0.25) is 0 Å². The van der Waals surface area contributed by atoms with E-state index in [9.17, 15) is 19.1 Å². The first-order valence-corrected chi connectivity index (χ1v) is 10.6. The molecule has 0 saturated carbocycles. The molecule has 2 aliphatic rings. The molecular formula is C24H26FN3O4. The summed E-state index contributed by atoms with van der Waals surface area (Å²) in [4.78, 5) is 32.5. The van der Waals surface area contributed by atoms with Gasteiger partial charge in [-0.15, -0.1) is 0 Å². The number of halogens is 1. The lowest BCUT2D eigenvalue weighted by molar-refractivity contribution is -0.120. The number of hydrogen-bond acceptors (Lipinski definition) is 6. The first-order chi connectivity index (χ1) is 15.4. The molecule has 0 unspecified atom stereocenters. The van der Waals surface area contributed by atoms with E-state index < -0.39 is 17.6 Å². The normalized spacial score (nSPS) is 17.5. The summed E-state index contributed by atoms with van der Waals surface area (Å²) in [6.45, 7) is 4.92. The van der Waals surface area contributed by atoms with E-state index in [2.05, 4.69) is 4.90 Å². The fourth-order valence-corrected chi connectivity index (χ4v) is 4.22. The summed E-state index contributed by atoms with van der Waals surface area (Å²) in [6.07, 6.45) is 0. The third-order valence-corrected chi connectivity index (χ3v) is 5.87. The number of carbonyl (C=O) groups is 2. The molecule has 1 fully saturated rings. The number of aliphatic hydroxyl groups is 1. The Bertz CT molecular complexity index is 1060. The molecule has 0 aliphatic carbocycles. The van der Waals surface area contributed by atoms with Crippen LogP contribution in [0, 0.1) is 12.7 Å². The minimum absolute atomic E-state index is 0.0713. The fourth-order valence-electron chi connectivity index (χ4n) is 4.22. The lowest BCUT2D eigenvalue weighted by Gasteiger charge is -2.36. The zero-order valence-corrected chi connectivity index (χ0v) is 18.2. The largest absolute Gasteiger partial charge is 0.495 e. The molecule has 0 spiro atoms. The van der Waals surface area contributed by atoms with Gasteiger partial charge in [-0.3, -0.25) is 14.5 Å². The molecule has 32 heavy (non-hydrogen) atoms. The Kier molecular flexibility index (Phi) is 6.25. The molecule has 0 radical (unpaired) electrons. The van der Waals surface area contributed by atoms with Crippen molar-refractivity contribution in [3.8, 4) is 5.75 Å². The Labute approximate surface area is 186 Å². The predicted octanol–water partition coefficient (Wildman–Crippen LogP) is 2.04. The van der Waals surface area contributed by atoms with Crippen LogP contribution in [-0.4, -0.2) is 73.2 Å². The summed E-state index contributed by atoms with van der Waals surface area (Å²) in [7, 11) is 1.49. The van der Waals surface area contributed by atoms with Gasteiger partial charge in [-0.25, -0.2) is 9.29 Å². The van der Waals surface area contributed by atoms with E-state index in [4.69, 9.17) is 4.74 Å². The van der Waals surface area contributed by atoms with E-state index in [0.29, 0.717) is 55.4 Å². The Balaban J connectivity index is 1.78. The highest BCUT2D eigenvalue weighted by Crippen LogP contribution is 2.39. The Morgan fingerprint density at radius 1 is 1.00 bits per heavy atom. The van der Waals surface area contributed by atoms with Gasteiger partial charge >= 0.3 is 0 Å². The van der Waals surface area contributed by atoms with Gasteiger partial charge in [0.1, 0.15) is 17.3 Å². The number of hydrogen-bond donors (Lipinski definition) is 1. The molecule has 0 aromatic heterocycles. The molecule has 2 heterocycles. The van der Waals surface area contributed by atoms with Crippen molar-refractivity contribution in [2.45, 2.75) is 6.92 Å². The summed E-state index contributed by atoms with van der Waals surface area (Å²) >= 11 is 0. The Morgan fingerprint density at radius 3 is 2.31 bits per heavy atom. The number of carbonyl (C=O) groups excluding carboxylic acids is 2. The van der Waals surface area contributed by atoms with Gasteiger partial charge in [0.15, 0.2) is 0 Å². The number of piperazine rings is 1. The topological polar surface area (TPSA) is 73.3 Å². The standard InChI is InChI=1S/C24H26FN3O4/c1-16-3-8-20(32-2)19(15-16)28-23(30)21(17-4-6-18(25)7-5-17)22(24(28)31)27-11-9-26(10-12-27)13-14-29/h3-8,15,29H,9-14H2,1-2H3. The second kappa shape index (κ2) is 9.10. The van der Waals surface area contributed by atoms with Gasteiger partial charge in [0.05, 0.1) is 25.0 Å². The van der Waals surface area contributed by atoms with Crippen LogP contribution in [0.1, 0.15) is 11.1 Å². The predicted molar refractivity (Wildman–Crippen MR) is 119 cm³/mol. The summed E-state index contributed by atoms with van der Waals surface area (Å²) in [5, 5.41) is 9.21. The van der Waals surface area contributed by atoms with Crippen LogP contribution in [0.4, 0.5) is 10.1 Å². The van der Waals surface area contributed by atoms with Crippen molar-refractivity contribution in [3.05, 3.63) is 65.1 Å². The van der Waals surface area contributed by atoms with E-state index in [0.717, 1.165) is 10.5 Å². The molecule has 0 atom stereocenters.